The van der Waals surface area contributed by atoms with Crippen molar-refractivity contribution in [1.29, 1.82) is 0 Å². The van der Waals surface area contributed by atoms with E-state index >= 15 is 0 Å². The highest BCUT2D eigenvalue weighted by Crippen LogP contribution is 2.16. The summed E-state index contributed by atoms with van der Waals surface area (Å²) in [4.78, 5) is 0. The molecule has 0 spiro atoms. The lowest BCUT2D eigenvalue weighted by Gasteiger charge is -2.32. The predicted molar refractivity (Wildman–Crippen MR) is 93.1 cm³/mol. The van der Waals surface area contributed by atoms with Gasteiger partial charge in [0.15, 0.2) is 0 Å². The smallest absolute Gasteiger partial charge is 0.139 e. The van der Waals surface area contributed by atoms with Gasteiger partial charge < -0.3 is 19.9 Å². The van der Waals surface area contributed by atoms with Crippen molar-refractivity contribution in [2.75, 3.05) is 6.61 Å². The number of rotatable bonds is 7. The Morgan fingerprint density at radius 2 is 1.50 bits per heavy atom. The highest BCUT2D eigenvalue weighted by atomic mass is 16.5. The van der Waals surface area contributed by atoms with Crippen LogP contribution in [0.3, 0.4) is 0 Å². The Kier molecular flexibility index (Phi) is 6.01. The molecule has 0 saturated heterocycles. The first-order valence-electron chi connectivity index (χ1n) is 8.18. The van der Waals surface area contributed by atoms with Gasteiger partial charge in [-0.15, -0.1) is 0 Å². The molecule has 3 atom stereocenters. The summed E-state index contributed by atoms with van der Waals surface area (Å²) in [6.07, 6.45) is 3.14. The van der Waals surface area contributed by atoms with Crippen molar-refractivity contribution in [3.63, 3.8) is 0 Å². The minimum Gasteiger partial charge on any atom is -0.494 e. The molecule has 1 aliphatic rings. The molecule has 126 valence electrons. The lowest BCUT2D eigenvalue weighted by atomic mass is 10.0. The number of hydrogen-bond donors (Lipinski definition) is 1. The Bertz CT molecular complexity index is 630. The van der Waals surface area contributed by atoms with Crippen molar-refractivity contribution in [2.24, 2.45) is 5.73 Å². The van der Waals surface area contributed by atoms with Crippen LogP contribution in [0.15, 0.2) is 73.0 Å². The molecule has 3 unspecified atom stereocenters. The van der Waals surface area contributed by atoms with Gasteiger partial charge in [0.2, 0.25) is 0 Å². The minimum atomic E-state index is -0.255. The zero-order valence-electron chi connectivity index (χ0n) is 13.6. The Morgan fingerprint density at radius 1 is 0.875 bits per heavy atom. The maximum absolute atomic E-state index is 6.29. The van der Waals surface area contributed by atoms with Gasteiger partial charge in [-0.3, -0.25) is 0 Å². The van der Waals surface area contributed by atoms with E-state index in [-0.39, 0.29) is 18.2 Å². The second-order valence-electron chi connectivity index (χ2n) is 5.84. The summed E-state index contributed by atoms with van der Waals surface area (Å²) in [5.74, 6) is 0. The van der Waals surface area contributed by atoms with Crippen LogP contribution in [0.5, 0.6) is 0 Å². The molecule has 2 N–H and O–H groups in total. The summed E-state index contributed by atoms with van der Waals surface area (Å²) < 4.78 is 17.3. The Labute approximate surface area is 142 Å². The fourth-order valence-electron chi connectivity index (χ4n) is 2.61. The quantitative estimate of drug-likeness (QED) is 0.850. The molecule has 0 saturated carbocycles. The van der Waals surface area contributed by atoms with Crippen molar-refractivity contribution in [1.82, 2.24) is 0 Å². The van der Waals surface area contributed by atoms with Crippen molar-refractivity contribution < 1.29 is 14.2 Å². The van der Waals surface area contributed by atoms with Crippen molar-refractivity contribution in [2.45, 2.75) is 31.5 Å². The van der Waals surface area contributed by atoms with E-state index in [4.69, 9.17) is 19.9 Å². The van der Waals surface area contributed by atoms with E-state index in [0.717, 1.165) is 11.1 Å². The van der Waals surface area contributed by atoms with Crippen LogP contribution in [0.25, 0.3) is 0 Å². The molecule has 24 heavy (non-hydrogen) atoms. The summed E-state index contributed by atoms with van der Waals surface area (Å²) >= 11 is 0. The first kappa shape index (κ1) is 16.7. The van der Waals surface area contributed by atoms with Crippen LogP contribution in [0.4, 0.5) is 0 Å². The van der Waals surface area contributed by atoms with E-state index in [1.165, 1.54) is 0 Å². The zero-order valence-corrected chi connectivity index (χ0v) is 13.6. The van der Waals surface area contributed by atoms with Gasteiger partial charge in [-0.25, -0.2) is 0 Å². The average molecular weight is 325 g/mol. The molecule has 4 nitrogen and oxygen atoms in total. The van der Waals surface area contributed by atoms with Gasteiger partial charge in [-0.1, -0.05) is 60.7 Å². The van der Waals surface area contributed by atoms with E-state index < -0.39 is 0 Å². The lowest BCUT2D eigenvalue weighted by molar-refractivity contribution is -0.0472. The van der Waals surface area contributed by atoms with Gasteiger partial charge in [-0.2, -0.15) is 0 Å². The summed E-state index contributed by atoms with van der Waals surface area (Å²) in [6, 6.07) is 19.9. The Hall–Kier alpha value is -2.14. The zero-order chi connectivity index (χ0) is 16.6. The second-order valence-corrected chi connectivity index (χ2v) is 5.84. The van der Waals surface area contributed by atoms with Crippen molar-refractivity contribution >= 4 is 0 Å². The van der Waals surface area contributed by atoms with Crippen LogP contribution < -0.4 is 5.73 Å². The molecule has 0 fully saturated rings. The molecule has 0 amide bonds. The number of nitrogens with two attached hydrogens (primary N) is 1. The summed E-state index contributed by atoms with van der Waals surface area (Å²) in [5, 5.41) is 0. The number of ether oxygens (including phenoxy) is 3. The summed E-state index contributed by atoms with van der Waals surface area (Å²) in [6.45, 7) is 1.51. The van der Waals surface area contributed by atoms with Crippen LogP contribution in [0.1, 0.15) is 11.1 Å². The fourth-order valence-corrected chi connectivity index (χ4v) is 2.61. The third kappa shape index (κ3) is 4.68. The number of hydrogen-bond acceptors (Lipinski definition) is 4. The summed E-state index contributed by atoms with van der Waals surface area (Å²) in [5.41, 5.74) is 8.55. The highest BCUT2D eigenvalue weighted by molar-refractivity contribution is 5.14. The number of benzene rings is 2. The van der Waals surface area contributed by atoms with Gasteiger partial charge in [0.05, 0.1) is 38.2 Å². The topological polar surface area (TPSA) is 53.7 Å². The first-order valence-corrected chi connectivity index (χ1v) is 8.18. The molecule has 0 radical (unpaired) electrons. The van der Waals surface area contributed by atoms with Gasteiger partial charge in [0.1, 0.15) is 6.10 Å². The molecule has 0 aliphatic carbocycles. The molecule has 0 bridgehead atoms. The maximum Gasteiger partial charge on any atom is 0.139 e. The van der Waals surface area contributed by atoms with Gasteiger partial charge in [-0.05, 0) is 17.2 Å². The average Bonchev–Trinajstić information content (AvgIpc) is 2.64. The Balaban J connectivity index is 1.46. The van der Waals surface area contributed by atoms with E-state index in [0.29, 0.717) is 19.8 Å². The third-order valence-electron chi connectivity index (χ3n) is 4.01. The normalized spacial score (nSPS) is 23.0. The van der Waals surface area contributed by atoms with Crippen LogP contribution in [-0.4, -0.2) is 24.9 Å². The molecule has 3 rings (SSSR count). The van der Waals surface area contributed by atoms with Crippen molar-refractivity contribution in [3.8, 4) is 0 Å². The SMILES string of the molecule is NC1C(OCc2ccccc2)C=COC1COCc1ccccc1. The maximum atomic E-state index is 6.29. The van der Waals surface area contributed by atoms with Crippen LogP contribution >= 0.6 is 0 Å². The monoisotopic (exact) mass is 325 g/mol. The van der Waals surface area contributed by atoms with Gasteiger partial charge in [0, 0.05) is 0 Å². The predicted octanol–water partition coefficient (Wildman–Crippen LogP) is 3.03. The molecule has 4 heteroatoms. The second kappa shape index (κ2) is 8.64. The molecular weight excluding hydrogens is 302 g/mol. The van der Waals surface area contributed by atoms with Crippen LogP contribution in [0, 0.1) is 0 Å². The largest absolute Gasteiger partial charge is 0.494 e. The highest BCUT2D eigenvalue weighted by Gasteiger charge is 2.29. The fraction of sp³-hybridized carbons (Fsp3) is 0.300. The lowest BCUT2D eigenvalue weighted by Crippen LogP contribution is -2.50. The first-order chi connectivity index (χ1) is 11.8. The minimum absolute atomic E-state index is 0.177. The van der Waals surface area contributed by atoms with E-state index in [9.17, 15) is 0 Å². The van der Waals surface area contributed by atoms with E-state index in [2.05, 4.69) is 0 Å². The standard InChI is InChI=1S/C20H23NO3/c21-20-18(24-14-17-9-5-2-6-10-17)11-12-23-19(20)15-22-13-16-7-3-1-4-8-16/h1-12,18-20H,13-15,21H2. The molecule has 0 aromatic heterocycles. The molecule has 2 aromatic rings. The molecule has 2 aromatic carbocycles. The van der Waals surface area contributed by atoms with Gasteiger partial charge in [0.25, 0.3) is 0 Å². The molecule has 1 aliphatic heterocycles. The third-order valence-corrected chi connectivity index (χ3v) is 4.01. The van der Waals surface area contributed by atoms with E-state index in [1.54, 1.807) is 6.26 Å². The van der Waals surface area contributed by atoms with E-state index in [1.807, 2.05) is 66.7 Å². The van der Waals surface area contributed by atoms with Crippen LogP contribution in [-0.2, 0) is 27.4 Å². The molecule has 1 heterocycles. The van der Waals surface area contributed by atoms with Gasteiger partial charge >= 0.3 is 0 Å². The van der Waals surface area contributed by atoms with Crippen molar-refractivity contribution in [3.05, 3.63) is 84.1 Å². The van der Waals surface area contributed by atoms with Crippen LogP contribution in [0.2, 0.25) is 0 Å². The summed E-state index contributed by atoms with van der Waals surface area (Å²) in [7, 11) is 0. The molecular formula is C20H23NO3. The Morgan fingerprint density at radius 3 is 2.17 bits per heavy atom.